The Kier molecular flexibility index (Phi) is 3.96. The van der Waals surface area contributed by atoms with E-state index in [1.807, 2.05) is 0 Å². The van der Waals surface area contributed by atoms with Crippen LogP contribution in [-0.2, 0) is 16.0 Å². The number of hydrogen-bond acceptors (Lipinski definition) is 2. The minimum atomic E-state index is -0.182. The van der Waals surface area contributed by atoms with Gasteiger partial charge in [-0.2, -0.15) is 0 Å². The third-order valence-corrected chi connectivity index (χ3v) is 4.61. The minimum absolute atomic E-state index is 0.182. The van der Waals surface area contributed by atoms with E-state index in [0.717, 1.165) is 24.8 Å². The summed E-state index contributed by atoms with van der Waals surface area (Å²) in [5.74, 6) is 1.33. The summed E-state index contributed by atoms with van der Waals surface area (Å²) >= 11 is 0. The molecule has 0 saturated heterocycles. The fraction of sp³-hybridized carbons (Fsp3) is 0.421. The Bertz CT molecular complexity index is 583. The van der Waals surface area contributed by atoms with Gasteiger partial charge in [-0.25, -0.2) is 4.79 Å². The number of allylic oxidation sites excluding steroid dienone is 2. The molecule has 0 fully saturated rings. The van der Waals surface area contributed by atoms with Crippen molar-refractivity contribution in [2.45, 2.75) is 26.2 Å². The summed E-state index contributed by atoms with van der Waals surface area (Å²) in [4.78, 5) is 12.0. The highest BCUT2D eigenvalue weighted by molar-refractivity contribution is 5.94. The summed E-state index contributed by atoms with van der Waals surface area (Å²) in [6.07, 6.45) is 7.76. The van der Waals surface area contributed by atoms with E-state index in [-0.39, 0.29) is 5.97 Å². The van der Waals surface area contributed by atoms with Crippen LogP contribution in [0.15, 0.2) is 53.6 Å². The molecule has 1 aromatic carbocycles. The Labute approximate surface area is 126 Å². The van der Waals surface area contributed by atoms with Crippen LogP contribution in [0.5, 0.6) is 0 Å². The van der Waals surface area contributed by atoms with E-state index in [4.69, 9.17) is 4.74 Å². The smallest absolute Gasteiger partial charge is 0.337 e. The van der Waals surface area contributed by atoms with Gasteiger partial charge in [-0.1, -0.05) is 49.4 Å². The lowest BCUT2D eigenvalue weighted by molar-refractivity contribution is -0.136. The van der Waals surface area contributed by atoms with Crippen LogP contribution in [0.2, 0.25) is 0 Å². The van der Waals surface area contributed by atoms with Crippen molar-refractivity contribution >= 4 is 5.97 Å². The molecule has 2 aliphatic carbocycles. The quantitative estimate of drug-likeness (QED) is 0.785. The number of ether oxygens (including phenoxy) is 1. The fourth-order valence-corrected chi connectivity index (χ4v) is 3.74. The third kappa shape index (κ3) is 2.94. The Balaban J connectivity index is 1.80. The summed E-state index contributed by atoms with van der Waals surface area (Å²) in [6.45, 7) is 2.18. The molecule has 3 rings (SSSR count). The van der Waals surface area contributed by atoms with Gasteiger partial charge in [0.25, 0.3) is 0 Å². The number of fused-ring (bicyclic) bond motifs is 1. The predicted molar refractivity (Wildman–Crippen MR) is 83.7 cm³/mol. The van der Waals surface area contributed by atoms with Gasteiger partial charge in [0.15, 0.2) is 0 Å². The van der Waals surface area contributed by atoms with Crippen molar-refractivity contribution in [3.8, 4) is 0 Å². The highest BCUT2D eigenvalue weighted by Gasteiger charge is 2.35. The van der Waals surface area contributed by atoms with Crippen LogP contribution in [0.25, 0.3) is 0 Å². The summed E-state index contributed by atoms with van der Waals surface area (Å²) in [5, 5.41) is 0. The largest absolute Gasteiger partial charge is 0.465 e. The highest BCUT2D eigenvalue weighted by Crippen LogP contribution is 2.43. The van der Waals surface area contributed by atoms with E-state index in [2.05, 4.69) is 49.4 Å². The molecule has 2 nitrogen and oxygen atoms in total. The lowest BCUT2D eigenvalue weighted by Gasteiger charge is -2.25. The zero-order valence-electron chi connectivity index (χ0n) is 12.7. The summed E-state index contributed by atoms with van der Waals surface area (Å²) in [7, 11) is 1.47. The van der Waals surface area contributed by atoms with Gasteiger partial charge >= 0.3 is 5.97 Å². The summed E-state index contributed by atoms with van der Waals surface area (Å²) < 4.78 is 4.95. The molecule has 2 heteroatoms. The summed E-state index contributed by atoms with van der Waals surface area (Å²) in [5.41, 5.74) is 3.40. The molecular weight excluding hydrogens is 260 g/mol. The summed E-state index contributed by atoms with van der Waals surface area (Å²) in [6, 6.07) is 10.6. The van der Waals surface area contributed by atoms with Crippen molar-refractivity contribution in [3.05, 3.63) is 59.2 Å². The van der Waals surface area contributed by atoms with E-state index < -0.39 is 0 Å². The van der Waals surface area contributed by atoms with Crippen LogP contribution in [-0.4, -0.2) is 13.1 Å². The predicted octanol–water partition coefficient (Wildman–Crippen LogP) is 3.93. The van der Waals surface area contributed by atoms with Gasteiger partial charge in [0.1, 0.15) is 0 Å². The molecule has 0 amide bonds. The SMILES string of the molecule is COC(=O)C1=C[C@H](C)C[C@H]2CC(Cc3ccccc3)C=C12. The topological polar surface area (TPSA) is 26.3 Å². The number of esters is 1. The zero-order valence-corrected chi connectivity index (χ0v) is 12.7. The maximum atomic E-state index is 12.0. The van der Waals surface area contributed by atoms with Crippen molar-refractivity contribution in [2.24, 2.45) is 17.8 Å². The first kappa shape index (κ1) is 14.1. The van der Waals surface area contributed by atoms with Gasteiger partial charge in [-0.15, -0.1) is 0 Å². The highest BCUT2D eigenvalue weighted by atomic mass is 16.5. The molecule has 3 atom stereocenters. The first-order chi connectivity index (χ1) is 10.2. The van der Waals surface area contributed by atoms with Gasteiger partial charge in [-0.3, -0.25) is 0 Å². The molecule has 21 heavy (non-hydrogen) atoms. The number of carbonyl (C=O) groups is 1. The number of methoxy groups -OCH3 is 1. The molecule has 0 saturated carbocycles. The van der Waals surface area contributed by atoms with E-state index in [1.54, 1.807) is 0 Å². The van der Waals surface area contributed by atoms with Gasteiger partial charge in [-0.05, 0) is 48.2 Å². The second kappa shape index (κ2) is 5.88. The maximum Gasteiger partial charge on any atom is 0.337 e. The molecule has 0 N–H and O–H groups in total. The number of benzene rings is 1. The molecule has 0 aliphatic heterocycles. The molecule has 0 aromatic heterocycles. The van der Waals surface area contributed by atoms with Crippen molar-refractivity contribution in [2.75, 3.05) is 7.11 Å². The van der Waals surface area contributed by atoms with E-state index in [0.29, 0.717) is 17.8 Å². The van der Waals surface area contributed by atoms with Crippen LogP contribution in [0.3, 0.4) is 0 Å². The average Bonchev–Trinajstić information content (AvgIpc) is 2.88. The molecule has 1 unspecified atom stereocenters. The Hall–Kier alpha value is -1.83. The van der Waals surface area contributed by atoms with E-state index >= 15 is 0 Å². The van der Waals surface area contributed by atoms with Crippen molar-refractivity contribution in [1.82, 2.24) is 0 Å². The normalized spacial score (nSPS) is 27.6. The van der Waals surface area contributed by atoms with Crippen LogP contribution in [0, 0.1) is 17.8 Å². The second-order valence-electron chi connectivity index (χ2n) is 6.29. The molecule has 0 radical (unpaired) electrons. The van der Waals surface area contributed by atoms with E-state index in [9.17, 15) is 4.79 Å². The number of rotatable bonds is 3. The van der Waals surface area contributed by atoms with Crippen molar-refractivity contribution < 1.29 is 9.53 Å². The molecular formula is C19H22O2. The van der Waals surface area contributed by atoms with Crippen LogP contribution in [0.1, 0.15) is 25.3 Å². The number of carbonyl (C=O) groups excluding carboxylic acids is 1. The first-order valence-electron chi connectivity index (χ1n) is 7.73. The standard InChI is InChI=1S/C19H22O2/c1-13-8-16-11-15(10-14-6-4-3-5-7-14)12-17(16)18(9-13)19(20)21-2/h3-7,9,12-13,15-16H,8,10-11H2,1-2H3/t13-,15?,16+/m1/s1. The first-order valence-corrected chi connectivity index (χ1v) is 7.73. The van der Waals surface area contributed by atoms with Gasteiger partial charge < -0.3 is 4.74 Å². The molecule has 110 valence electrons. The average molecular weight is 282 g/mol. The second-order valence-corrected chi connectivity index (χ2v) is 6.29. The Morgan fingerprint density at radius 3 is 2.67 bits per heavy atom. The van der Waals surface area contributed by atoms with Crippen molar-refractivity contribution in [1.29, 1.82) is 0 Å². The molecule has 0 bridgehead atoms. The monoisotopic (exact) mass is 282 g/mol. The van der Waals surface area contributed by atoms with Gasteiger partial charge in [0.05, 0.1) is 12.7 Å². The molecule has 0 heterocycles. The molecule has 0 spiro atoms. The maximum absolute atomic E-state index is 12.0. The van der Waals surface area contributed by atoms with Gasteiger partial charge in [0, 0.05) is 0 Å². The van der Waals surface area contributed by atoms with Crippen molar-refractivity contribution in [3.63, 3.8) is 0 Å². The zero-order chi connectivity index (χ0) is 14.8. The Morgan fingerprint density at radius 1 is 1.19 bits per heavy atom. The third-order valence-electron chi connectivity index (χ3n) is 4.61. The minimum Gasteiger partial charge on any atom is -0.465 e. The Morgan fingerprint density at radius 2 is 1.95 bits per heavy atom. The molecule has 2 aliphatic rings. The van der Waals surface area contributed by atoms with Crippen LogP contribution in [0.4, 0.5) is 0 Å². The fourth-order valence-electron chi connectivity index (χ4n) is 3.74. The van der Waals surface area contributed by atoms with E-state index in [1.165, 1.54) is 18.2 Å². The lowest BCUT2D eigenvalue weighted by Crippen LogP contribution is -2.19. The van der Waals surface area contributed by atoms with Crippen LogP contribution < -0.4 is 0 Å². The number of hydrogen-bond donors (Lipinski definition) is 0. The van der Waals surface area contributed by atoms with Gasteiger partial charge in [0.2, 0.25) is 0 Å². The molecule has 1 aromatic rings. The lowest BCUT2D eigenvalue weighted by atomic mass is 9.80. The van der Waals surface area contributed by atoms with Crippen LogP contribution >= 0.6 is 0 Å².